The normalized spacial score (nSPS) is 17.9. The predicted molar refractivity (Wildman–Crippen MR) is 176 cm³/mol. The van der Waals surface area contributed by atoms with Crippen LogP contribution in [0.3, 0.4) is 0 Å². The van der Waals surface area contributed by atoms with Gasteiger partial charge in [-0.2, -0.15) is 14.6 Å². The fraction of sp³-hybridized carbons (Fsp3) is 0.188. The average Bonchev–Trinajstić information content (AvgIpc) is 3.82. The van der Waals surface area contributed by atoms with Crippen molar-refractivity contribution in [3.05, 3.63) is 83.8 Å². The van der Waals surface area contributed by atoms with Gasteiger partial charge in [0.05, 0.1) is 58.3 Å². The molecule has 252 valence electrons. The first-order chi connectivity index (χ1) is 24.0. The molecule has 3 aromatic heterocycles. The molecule has 2 aromatic carbocycles. The Balaban J connectivity index is 1.20. The minimum atomic E-state index is -2.03. The quantitative estimate of drug-likeness (QED) is 0.175. The van der Waals surface area contributed by atoms with Crippen molar-refractivity contribution in [2.45, 2.75) is 25.6 Å². The molecule has 50 heavy (non-hydrogen) atoms. The Kier molecular flexibility index (Phi) is 7.87. The molecule has 0 radical (unpaired) electrons. The number of esters is 1. The van der Waals surface area contributed by atoms with Crippen molar-refractivity contribution >= 4 is 74.4 Å². The molecular weight excluding hydrogens is 670 g/mol. The number of imide groups is 1. The Morgan fingerprint density at radius 3 is 2.44 bits per heavy atom. The molecular formula is C32H25N9O8S. The van der Waals surface area contributed by atoms with Crippen molar-refractivity contribution < 1.29 is 38.2 Å². The van der Waals surface area contributed by atoms with E-state index < -0.39 is 47.2 Å². The highest BCUT2D eigenvalue weighted by atomic mass is 32.1. The average molecular weight is 696 g/mol. The number of benzene rings is 2. The van der Waals surface area contributed by atoms with Crippen LogP contribution in [-0.2, 0) is 23.9 Å². The molecule has 5 amide bonds. The van der Waals surface area contributed by atoms with E-state index in [0.29, 0.717) is 5.69 Å². The molecule has 2 aliphatic rings. The Bertz CT molecular complexity index is 2220. The largest absolute Gasteiger partial charge is 0.449 e. The fourth-order valence-electron chi connectivity index (χ4n) is 5.87. The van der Waals surface area contributed by atoms with E-state index in [9.17, 15) is 28.8 Å². The topological polar surface area (TPSA) is 222 Å². The van der Waals surface area contributed by atoms with Crippen LogP contribution in [0.5, 0.6) is 0 Å². The summed E-state index contributed by atoms with van der Waals surface area (Å²) in [6.45, 7) is 2.42. The number of aromatic nitrogens is 5. The highest BCUT2D eigenvalue weighted by molar-refractivity contribution is 7.14. The third-order valence-corrected chi connectivity index (χ3v) is 9.10. The van der Waals surface area contributed by atoms with Gasteiger partial charge in [0, 0.05) is 24.6 Å². The first-order valence-electron chi connectivity index (χ1n) is 15.0. The molecule has 2 atom stereocenters. The number of hydrogen-bond donors (Lipinski definition) is 2. The van der Waals surface area contributed by atoms with Crippen molar-refractivity contribution in [3.63, 3.8) is 0 Å². The number of fused-ring (bicyclic) bond motifs is 2. The maximum absolute atomic E-state index is 14.0. The zero-order chi connectivity index (χ0) is 35.3. The molecule has 0 spiro atoms. The zero-order valence-corrected chi connectivity index (χ0v) is 27.0. The van der Waals surface area contributed by atoms with Gasteiger partial charge < -0.3 is 20.5 Å². The van der Waals surface area contributed by atoms with Gasteiger partial charge in [-0.3, -0.25) is 33.7 Å². The molecule has 1 fully saturated rings. The van der Waals surface area contributed by atoms with Gasteiger partial charge in [0.25, 0.3) is 29.5 Å². The lowest BCUT2D eigenvalue weighted by atomic mass is 9.94. The number of anilines is 3. The second-order valence-corrected chi connectivity index (χ2v) is 12.1. The number of amides is 5. The van der Waals surface area contributed by atoms with Gasteiger partial charge in [0.1, 0.15) is 0 Å². The van der Waals surface area contributed by atoms with Gasteiger partial charge in [0.15, 0.2) is 17.2 Å². The number of carbonyl (C=O) groups excluding carboxylic acids is 6. The number of nitrogens with two attached hydrogens (primary N) is 1. The molecule has 0 aliphatic carbocycles. The monoisotopic (exact) mass is 695 g/mol. The van der Waals surface area contributed by atoms with Crippen LogP contribution in [0.2, 0.25) is 0 Å². The van der Waals surface area contributed by atoms with Crippen LogP contribution in [-0.4, -0.2) is 84.7 Å². The van der Waals surface area contributed by atoms with Crippen LogP contribution < -0.4 is 20.9 Å². The third kappa shape index (κ3) is 5.22. The molecule has 17 nitrogen and oxygen atoms in total. The van der Waals surface area contributed by atoms with Crippen molar-refractivity contribution in [1.82, 2.24) is 24.4 Å². The number of hydrogen-bond acceptors (Lipinski definition) is 13. The van der Waals surface area contributed by atoms with E-state index in [1.54, 1.807) is 30.5 Å². The van der Waals surface area contributed by atoms with Crippen molar-refractivity contribution in [1.29, 1.82) is 0 Å². The number of nitrogens with zero attached hydrogens (tertiary/aromatic N) is 7. The summed E-state index contributed by atoms with van der Waals surface area (Å²) < 4.78 is 17.2. The van der Waals surface area contributed by atoms with E-state index in [0.717, 1.165) is 23.4 Å². The SMILES string of the molecule is CC(=O)OC(C(=O)Nc1ccc2c(N3C(=O)c4ccccc4C3=O)nsc2c1C(N)=O)C1(C)OCCN(c2ccn(-c3ccnnc3)n2)C1=O. The summed E-state index contributed by atoms with van der Waals surface area (Å²) in [5, 5.41) is 14.8. The second kappa shape index (κ2) is 12.2. The van der Waals surface area contributed by atoms with E-state index in [1.165, 1.54) is 53.2 Å². The predicted octanol–water partition coefficient (Wildman–Crippen LogP) is 1.86. The molecule has 1 saturated heterocycles. The zero-order valence-electron chi connectivity index (χ0n) is 26.2. The summed E-state index contributed by atoms with van der Waals surface area (Å²) in [6.07, 6.45) is 2.75. The second-order valence-electron chi connectivity index (χ2n) is 11.3. The molecule has 3 N–H and O–H groups in total. The molecule has 2 aliphatic heterocycles. The Labute approximate surface area is 285 Å². The standard InChI is InChI=1S/C32H25N9O8S/c1-16(42)49-25(32(2)31(47)39(13-14-48-32)22-10-12-40(37-22)17-9-11-34-35-15-17)28(44)36-21-8-7-20-24(23(21)26(33)43)50-38-27(20)41-29(45)18-5-3-4-6-19(18)30(41)46/h3-12,15,25H,13-14H2,1-2H3,(H2,33,43)(H,36,44). The number of carbonyl (C=O) groups is 6. The first-order valence-corrected chi connectivity index (χ1v) is 15.7. The molecule has 5 aromatic rings. The van der Waals surface area contributed by atoms with E-state index in [4.69, 9.17) is 15.2 Å². The number of primary amides is 1. The lowest BCUT2D eigenvalue weighted by molar-refractivity contribution is -0.183. The highest BCUT2D eigenvalue weighted by Crippen LogP contribution is 2.39. The minimum Gasteiger partial charge on any atom is -0.449 e. The van der Waals surface area contributed by atoms with E-state index in [1.807, 2.05) is 0 Å². The van der Waals surface area contributed by atoms with Crippen LogP contribution in [0, 0.1) is 0 Å². The van der Waals surface area contributed by atoms with Gasteiger partial charge in [-0.15, -0.1) is 5.10 Å². The molecule has 0 bridgehead atoms. The Morgan fingerprint density at radius 2 is 1.78 bits per heavy atom. The van der Waals surface area contributed by atoms with E-state index >= 15 is 0 Å². The van der Waals surface area contributed by atoms with Gasteiger partial charge in [-0.05, 0) is 48.8 Å². The van der Waals surface area contributed by atoms with Crippen LogP contribution in [0.15, 0.2) is 67.1 Å². The third-order valence-electron chi connectivity index (χ3n) is 8.23. The van der Waals surface area contributed by atoms with E-state index in [2.05, 4.69) is 25.0 Å². The number of nitrogens with one attached hydrogen (secondary N) is 1. The van der Waals surface area contributed by atoms with Crippen LogP contribution in [0.1, 0.15) is 44.9 Å². The fourth-order valence-corrected chi connectivity index (χ4v) is 6.79. The Morgan fingerprint density at radius 1 is 1.04 bits per heavy atom. The summed E-state index contributed by atoms with van der Waals surface area (Å²) in [7, 11) is 0. The van der Waals surface area contributed by atoms with Crippen molar-refractivity contribution in [2.24, 2.45) is 5.73 Å². The maximum Gasteiger partial charge on any atom is 0.303 e. The summed E-state index contributed by atoms with van der Waals surface area (Å²) in [5.41, 5.74) is 4.46. The number of morpholine rings is 1. The summed E-state index contributed by atoms with van der Waals surface area (Å²) in [4.78, 5) is 81.6. The lowest BCUT2D eigenvalue weighted by Gasteiger charge is -2.41. The molecule has 7 rings (SSSR count). The van der Waals surface area contributed by atoms with Crippen molar-refractivity contribution in [3.8, 4) is 5.69 Å². The number of ether oxygens (including phenoxy) is 2. The lowest BCUT2D eigenvalue weighted by Crippen LogP contribution is -2.64. The van der Waals surface area contributed by atoms with Crippen LogP contribution in [0.4, 0.5) is 17.3 Å². The molecule has 18 heteroatoms. The smallest absolute Gasteiger partial charge is 0.303 e. The van der Waals surface area contributed by atoms with Gasteiger partial charge >= 0.3 is 5.97 Å². The highest BCUT2D eigenvalue weighted by Gasteiger charge is 2.54. The Hall–Kier alpha value is -6.40. The molecule has 2 unspecified atom stereocenters. The summed E-state index contributed by atoms with van der Waals surface area (Å²) in [6, 6.07) is 12.4. The first kappa shape index (κ1) is 32.2. The van der Waals surface area contributed by atoms with Crippen LogP contribution >= 0.6 is 11.5 Å². The van der Waals surface area contributed by atoms with Crippen LogP contribution in [0.25, 0.3) is 15.8 Å². The minimum absolute atomic E-state index is 0.00851. The van der Waals surface area contributed by atoms with Gasteiger partial charge in [0.2, 0.25) is 6.10 Å². The van der Waals surface area contributed by atoms with Gasteiger partial charge in [-0.25, -0.2) is 9.58 Å². The summed E-state index contributed by atoms with van der Waals surface area (Å²) in [5.74, 6) is -4.50. The molecule has 0 saturated carbocycles. The maximum atomic E-state index is 14.0. The molecule has 5 heterocycles. The van der Waals surface area contributed by atoms with Crippen molar-refractivity contribution in [2.75, 3.05) is 28.3 Å². The van der Waals surface area contributed by atoms with Gasteiger partial charge in [-0.1, -0.05) is 12.1 Å². The summed E-state index contributed by atoms with van der Waals surface area (Å²) >= 11 is 0.789. The number of rotatable bonds is 8. The van der Waals surface area contributed by atoms with E-state index in [-0.39, 0.29) is 57.3 Å².